The SMILES string of the molecule is CCCCCCOCC(O)CNC1CCOC1C1CC1. The smallest absolute Gasteiger partial charge is 0.0897 e. The van der Waals surface area contributed by atoms with E-state index in [9.17, 15) is 5.11 Å². The molecule has 0 bridgehead atoms. The van der Waals surface area contributed by atoms with Crippen molar-refractivity contribution in [3.05, 3.63) is 0 Å². The van der Waals surface area contributed by atoms with Gasteiger partial charge in [0.1, 0.15) is 0 Å². The summed E-state index contributed by atoms with van der Waals surface area (Å²) in [6.07, 6.45) is 8.54. The van der Waals surface area contributed by atoms with Crippen LogP contribution < -0.4 is 5.32 Å². The summed E-state index contributed by atoms with van der Waals surface area (Å²) in [5, 5.41) is 13.4. The molecule has 20 heavy (non-hydrogen) atoms. The van der Waals surface area contributed by atoms with E-state index in [-0.39, 0.29) is 0 Å². The van der Waals surface area contributed by atoms with Crippen LogP contribution in [0.2, 0.25) is 0 Å². The molecule has 0 radical (unpaired) electrons. The van der Waals surface area contributed by atoms with E-state index in [1.54, 1.807) is 0 Å². The first kappa shape index (κ1) is 16.2. The topological polar surface area (TPSA) is 50.7 Å². The Bertz CT molecular complexity index is 258. The summed E-state index contributed by atoms with van der Waals surface area (Å²) < 4.78 is 11.3. The van der Waals surface area contributed by atoms with Crippen molar-refractivity contribution < 1.29 is 14.6 Å². The van der Waals surface area contributed by atoms with E-state index in [1.165, 1.54) is 32.1 Å². The first-order valence-corrected chi connectivity index (χ1v) is 8.42. The number of aliphatic hydroxyl groups is 1. The van der Waals surface area contributed by atoms with Crippen LogP contribution in [0, 0.1) is 5.92 Å². The molecule has 4 nitrogen and oxygen atoms in total. The summed E-state index contributed by atoms with van der Waals surface area (Å²) in [5.74, 6) is 0.766. The first-order chi connectivity index (χ1) is 9.81. The summed E-state index contributed by atoms with van der Waals surface area (Å²) in [6, 6.07) is 0.432. The molecule has 1 heterocycles. The molecule has 2 aliphatic rings. The zero-order valence-corrected chi connectivity index (χ0v) is 12.9. The van der Waals surface area contributed by atoms with Gasteiger partial charge < -0.3 is 19.9 Å². The third-order valence-corrected chi connectivity index (χ3v) is 4.29. The standard InChI is InChI=1S/C16H31NO3/c1-2-3-4-5-9-19-12-14(18)11-17-15-8-10-20-16(15)13-6-7-13/h13-18H,2-12H2,1H3. The lowest BCUT2D eigenvalue weighted by molar-refractivity contribution is 0.0302. The second kappa shape index (κ2) is 8.98. The molecule has 0 spiro atoms. The van der Waals surface area contributed by atoms with Gasteiger partial charge in [-0.3, -0.25) is 0 Å². The van der Waals surface area contributed by atoms with Gasteiger partial charge in [0.15, 0.2) is 0 Å². The maximum atomic E-state index is 9.92. The molecule has 0 aromatic heterocycles. The fraction of sp³-hybridized carbons (Fsp3) is 1.00. The lowest BCUT2D eigenvalue weighted by atomic mass is 10.1. The summed E-state index contributed by atoms with van der Waals surface area (Å²) >= 11 is 0. The van der Waals surface area contributed by atoms with Crippen LogP contribution in [-0.2, 0) is 9.47 Å². The predicted octanol–water partition coefficient (Wildman–Crippen LogP) is 2.10. The van der Waals surface area contributed by atoms with Gasteiger partial charge in [0.2, 0.25) is 0 Å². The largest absolute Gasteiger partial charge is 0.389 e. The van der Waals surface area contributed by atoms with E-state index >= 15 is 0 Å². The number of hydrogen-bond donors (Lipinski definition) is 2. The van der Waals surface area contributed by atoms with Crippen LogP contribution in [-0.4, -0.2) is 49.7 Å². The van der Waals surface area contributed by atoms with Crippen LogP contribution in [0.15, 0.2) is 0 Å². The Hall–Kier alpha value is -0.160. The van der Waals surface area contributed by atoms with E-state index in [0.29, 0.717) is 25.3 Å². The number of unbranched alkanes of at least 4 members (excludes halogenated alkanes) is 3. The molecule has 1 aliphatic carbocycles. The summed E-state index contributed by atoms with van der Waals surface area (Å²) in [6.45, 7) is 4.90. The van der Waals surface area contributed by atoms with Crippen molar-refractivity contribution in [2.75, 3.05) is 26.4 Å². The molecule has 0 aromatic carbocycles. The van der Waals surface area contributed by atoms with E-state index in [2.05, 4.69) is 12.2 Å². The minimum atomic E-state index is -0.401. The van der Waals surface area contributed by atoms with Crippen LogP contribution in [0.1, 0.15) is 51.9 Å². The monoisotopic (exact) mass is 285 g/mol. The van der Waals surface area contributed by atoms with E-state index in [0.717, 1.165) is 32.0 Å². The van der Waals surface area contributed by atoms with Gasteiger partial charge in [-0.25, -0.2) is 0 Å². The lowest BCUT2D eigenvalue weighted by Crippen LogP contribution is -2.42. The molecule has 3 atom stereocenters. The molecule has 4 heteroatoms. The minimum Gasteiger partial charge on any atom is -0.389 e. The normalized spacial score (nSPS) is 27.9. The highest BCUT2D eigenvalue weighted by Crippen LogP contribution is 2.38. The molecule has 118 valence electrons. The minimum absolute atomic E-state index is 0.386. The predicted molar refractivity (Wildman–Crippen MR) is 79.8 cm³/mol. The fourth-order valence-electron chi connectivity index (χ4n) is 2.92. The Morgan fingerprint density at radius 1 is 1.25 bits per heavy atom. The van der Waals surface area contributed by atoms with Crippen molar-refractivity contribution in [2.45, 2.75) is 70.1 Å². The maximum absolute atomic E-state index is 9.92. The van der Waals surface area contributed by atoms with Gasteiger partial charge in [-0.1, -0.05) is 26.2 Å². The van der Waals surface area contributed by atoms with Crippen LogP contribution >= 0.6 is 0 Å². The summed E-state index contributed by atoms with van der Waals surface area (Å²) in [5.41, 5.74) is 0. The van der Waals surface area contributed by atoms with Gasteiger partial charge in [-0.2, -0.15) is 0 Å². The highest BCUT2D eigenvalue weighted by atomic mass is 16.5. The number of nitrogens with one attached hydrogen (secondary N) is 1. The van der Waals surface area contributed by atoms with E-state index in [1.807, 2.05) is 0 Å². The molecule has 3 unspecified atom stereocenters. The summed E-state index contributed by atoms with van der Waals surface area (Å²) in [7, 11) is 0. The van der Waals surface area contributed by atoms with Crippen molar-refractivity contribution in [3.8, 4) is 0 Å². The fourth-order valence-corrected chi connectivity index (χ4v) is 2.92. The lowest BCUT2D eigenvalue weighted by Gasteiger charge is -2.21. The van der Waals surface area contributed by atoms with Gasteiger partial charge >= 0.3 is 0 Å². The second-order valence-electron chi connectivity index (χ2n) is 6.27. The second-order valence-corrected chi connectivity index (χ2v) is 6.27. The van der Waals surface area contributed by atoms with Gasteiger partial charge in [0.25, 0.3) is 0 Å². The van der Waals surface area contributed by atoms with Gasteiger partial charge in [0.05, 0.1) is 18.8 Å². The number of hydrogen-bond acceptors (Lipinski definition) is 4. The van der Waals surface area contributed by atoms with E-state index in [4.69, 9.17) is 9.47 Å². The molecule has 0 amide bonds. The van der Waals surface area contributed by atoms with Crippen molar-refractivity contribution in [1.29, 1.82) is 0 Å². The van der Waals surface area contributed by atoms with Gasteiger partial charge in [0, 0.05) is 25.8 Å². The quantitative estimate of drug-likeness (QED) is 0.571. The highest BCUT2D eigenvalue weighted by Gasteiger charge is 2.40. The molecular formula is C16H31NO3. The molecular weight excluding hydrogens is 254 g/mol. The highest BCUT2D eigenvalue weighted by molar-refractivity contribution is 4.93. The average Bonchev–Trinajstić information content (AvgIpc) is 3.19. The van der Waals surface area contributed by atoms with E-state index < -0.39 is 6.10 Å². The first-order valence-electron chi connectivity index (χ1n) is 8.42. The Balaban J connectivity index is 1.48. The Labute approximate surface area is 123 Å². The third-order valence-electron chi connectivity index (χ3n) is 4.29. The Kier molecular flexibility index (Phi) is 7.28. The molecule has 1 saturated heterocycles. The van der Waals surface area contributed by atoms with Gasteiger partial charge in [-0.15, -0.1) is 0 Å². The molecule has 1 aliphatic heterocycles. The van der Waals surface area contributed by atoms with Gasteiger partial charge in [-0.05, 0) is 31.6 Å². The van der Waals surface area contributed by atoms with Crippen LogP contribution in [0.5, 0.6) is 0 Å². The van der Waals surface area contributed by atoms with Crippen molar-refractivity contribution in [3.63, 3.8) is 0 Å². The van der Waals surface area contributed by atoms with Crippen molar-refractivity contribution in [2.24, 2.45) is 5.92 Å². The van der Waals surface area contributed by atoms with Crippen molar-refractivity contribution in [1.82, 2.24) is 5.32 Å². The van der Waals surface area contributed by atoms with Crippen molar-refractivity contribution >= 4 is 0 Å². The number of rotatable bonds is 11. The number of ether oxygens (including phenoxy) is 2. The molecule has 2 fully saturated rings. The molecule has 2 N–H and O–H groups in total. The zero-order valence-electron chi connectivity index (χ0n) is 12.9. The Morgan fingerprint density at radius 3 is 2.85 bits per heavy atom. The number of aliphatic hydroxyl groups excluding tert-OH is 1. The zero-order chi connectivity index (χ0) is 14.2. The average molecular weight is 285 g/mol. The Morgan fingerprint density at radius 2 is 2.10 bits per heavy atom. The molecule has 0 aromatic rings. The van der Waals surface area contributed by atoms with Crippen LogP contribution in [0.25, 0.3) is 0 Å². The summed E-state index contributed by atoms with van der Waals surface area (Å²) in [4.78, 5) is 0. The van der Waals surface area contributed by atoms with Crippen LogP contribution in [0.4, 0.5) is 0 Å². The maximum Gasteiger partial charge on any atom is 0.0897 e. The third kappa shape index (κ3) is 5.68. The molecule has 1 saturated carbocycles. The van der Waals surface area contributed by atoms with Crippen LogP contribution in [0.3, 0.4) is 0 Å². The molecule has 2 rings (SSSR count).